The Labute approximate surface area is 85.2 Å². The quantitative estimate of drug-likeness (QED) is 0.723. The minimum Gasteiger partial charge on any atom is -0.147 e. The zero-order valence-corrected chi connectivity index (χ0v) is 8.56. The lowest BCUT2D eigenvalue weighted by Crippen LogP contribution is -1.83. The van der Waals surface area contributed by atoms with E-state index in [4.69, 9.17) is 11.6 Å². The summed E-state index contributed by atoms with van der Waals surface area (Å²) in [7, 11) is 0. The van der Waals surface area contributed by atoms with Gasteiger partial charge < -0.3 is 0 Å². The van der Waals surface area contributed by atoms with Crippen molar-refractivity contribution in [2.45, 2.75) is 6.92 Å². The van der Waals surface area contributed by atoms with Crippen molar-refractivity contribution in [3.63, 3.8) is 0 Å². The van der Waals surface area contributed by atoms with Crippen LogP contribution < -0.4 is 0 Å². The molecule has 0 aliphatic carbocycles. The van der Waals surface area contributed by atoms with E-state index in [1.54, 1.807) is 5.51 Å². The van der Waals surface area contributed by atoms with Gasteiger partial charge in [-0.15, -0.1) is 10.2 Å². The molecule has 0 N–H and O–H groups in total. The Morgan fingerprint density at radius 2 is 2.23 bits per heavy atom. The molecule has 0 unspecified atom stereocenters. The van der Waals surface area contributed by atoms with Crippen molar-refractivity contribution in [1.82, 2.24) is 10.2 Å². The second-order valence-electron chi connectivity index (χ2n) is 2.66. The van der Waals surface area contributed by atoms with Crippen molar-refractivity contribution in [2.24, 2.45) is 0 Å². The van der Waals surface area contributed by atoms with Gasteiger partial charge in [0.2, 0.25) is 0 Å². The summed E-state index contributed by atoms with van der Waals surface area (Å²) in [5.74, 6) is 0. The van der Waals surface area contributed by atoms with Gasteiger partial charge in [-0.2, -0.15) is 0 Å². The average Bonchev–Trinajstić information content (AvgIpc) is 2.62. The Morgan fingerprint density at radius 1 is 1.38 bits per heavy atom. The van der Waals surface area contributed by atoms with Gasteiger partial charge in [-0.3, -0.25) is 0 Å². The van der Waals surface area contributed by atoms with Crippen molar-refractivity contribution in [1.29, 1.82) is 0 Å². The summed E-state index contributed by atoms with van der Waals surface area (Å²) in [6.07, 6.45) is 0. The molecule has 13 heavy (non-hydrogen) atoms. The molecule has 2 aromatic rings. The average molecular weight is 211 g/mol. The number of hydrogen-bond acceptors (Lipinski definition) is 3. The molecule has 2 nitrogen and oxygen atoms in total. The second kappa shape index (κ2) is 3.44. The minimum absolute atomic E-state index is 0.771. The molecule has 0 fully saturated rings. The van der Waals surface area contributed by atoms with Crippen LogP contribution in [0.2, 0.25) is 5.02 Å². The van der Waals surface area contributed by atoms with E-state index >= 15 is 0 Å². The highest BCUT2D eigenvalue weighted by Crippen LogP contribution is 2.28. The molecule has 0 bridgehead atoms. The smallest absolute Gasteiger partial charge is 0.147 e. The summed E-state index contributed by atoms with van der Waals surface area (Å²) in [6.45, 7) is 1.99. The van der Waals surface area contributed by atoms with E-state index in [9.17, 15) is 0 Å². The van der Waals surface area contributed by atoms with Crippen molar-refractivity contribution < 1.29 is 0 Å². The summed E-state index contributed by atoms with van der Waals surface area (Å²) < 4.78 is 0. The predicted octanol–water partition coefficient (Wildman–Crippen LogP) is 3.17. The van der Waals surface area contributed by atoms with Crippen LogP contribution in [-0.4, -0.2) is 10.2 Å². The predicted molar refractivity (Wildman–Crippen MR) is 55.1 cm³/mol. The Hall–Kier alpha value is -0.930. The fourth-order valence-electron chi connectivity index (χ4n) is 1.13. The maximum Gasteiger partial charge on any atom is 0.147 e. The van der Waals surface area contributed by atoms with Crippen LogP contribution in [0, 0.1) is 6.92 Å². The summed E-state index contributed by atoms with van der Waals surface area (Å²) >= 11 is 7.51. The van der Waals surface area contributed by atoms with Crippen LogP contribution in [-0.2, 0) is 0 Å². The SMILES string of the molecule is Cc1c(Cl)cccc1-c1nncs1. The van der Waals surface area contributed by atoms with Gasteiger partial charge in [-0.25, -0.2) is 0 Å². The number of rotatable bonds is 1. The van der Waals surface area contributed by atoms with E-state index in [2.05, 4.69) is 10.2 Å². The molecular formula is C9H7ClN2S. The van der Waals surface area contributed by atoms with E-state index < -0.39 is 0 Å². The molecule has 1 aromatic heterocycles. The van der Waals surface area contributed by atoms with Crippen molar-refractivity contribution >= 4 is 22.9 Å². The second-order valence-corrected chi connectivity index (χ2v) is 3.90. The number of benzene rings is 1. The summed E-state index contributed by atoms with van der Waals surface area (Å²) in [4.78, 5) is 0. The van der Waals surface area contributed by atoms with E-state index in [1.807, 2.05) is 25.1 Å². The third-order valence-electron chi connectivity index (χ3n) is 1.86. The lowest BCUT2D eigenvalue weighted by molar-refractivity contribution is 1.09. The topological polar surface area (TPSA) is 25.8 Å². The van der Waals surface area contributed by atoms with Gasteiger partial charge in [0.15, 0.2) is 0 Å². The monoisotopic (exact) mass is 210 g/mol. The molecule has 0 radical (unpaired) electrons. The molecule has 0 amide bonds. The third-order valence-corrected chi connectivity index (χ3v) is 2.99. The third kappa shape index (κ3) is 1.57. The van der Waals surface area contributed by atoms with Crippen LogP contribution in [0.25, 0.3) is 10.6 Å². The van der Waals surface area contributed by atoms with Crippen molar-refractivity contribution in [3.05, 3.63) is 34.3 Å². The molecular weight excluding hydrogens is 204 g/mol. The van der Waals surface area contributed by atoms with Crippen LogP contribution in [0.15, 0.2) is 23.7 Å². The number of hydrogen-bond donors (Lipinski definition) is 0. The Morgan fingerprint density at radius 3 is 2.92 bits per heavy atom. The van der Waals surface area contributed by atoms with Gasteiger partial charge in [0.1, 0.15) is 10.5 Å². The highest BCUT2D eigenvalue weighted by Gasteiger charge is 2.06. The van der Waals surface area contributed by atoms with Crippen molar-refractivity contribution in [3.8, 4) is 10.6 Å². The van der Waals surface area contributed by atoms with E-state index in [0.717, 1.165) is 21.2 Å². The molecule has 4 heteroatoms. The molecule has 1 heterocycles. The lowest BCUT2D eigenvalue weighted by atomic mass is 10.1. The fraction of sp³-hybridized carbons (Fsp3) is 0.111. The number of nitrogens with zero attached hydrogens (tertiary/aromatic N) is 2. The van der Waals surface area contributed by atoms with E-state index in [-0.39, 0.29) is 0 Å². The Bertz CT molecular complexity index is 412. The number of aromatic nitrogens is 2. The minimum atomic E-state index is 0.771. The van der Waals surface area contributed by atoms with Crippen molar-refractivity contribution in [2.75, 3.05) is 0 Å². The zero-order chi connectivity index (χ0) is 9.26. The number of halogens is 1. The fourth-order valence-corrected chi connectivity index (χ4v) is 1.94. The first-order chi connectivity index (χ1) is 6.29. The van der Waals surface area contributed by atoms with Gasteiger partial charge in [0.25, 0.3) is 0 Å². The summed E-state index contributed by atoms with van der Waals surface area (Å²) in [5.41, 5.74) is 3.84. The first-order valence-corrected chi connectivity index (χ1v) is 5.06. The van der Waals surface area contributed by atoms with Crippen LogP contribution in [0.1, 0.15) is 5.56 Å². The van der Waals surface area contributed by atoms with Crippen LogP contribution >= 0.6 is 22.9 Å². The van der Waals surface area contributed by atoms with Crippen LogP contribution in [0.3, 0.4) is 0 Å². The maximum absolute atomic E-state index is 5.99. The normalized spacial score (nSPS) is 10.3. The summed E-state index contributed by atoms with van der Waals surface area (Å²) in [5, 5.41) is 9.48. The molecule has 0 aliphatic heterocycles. The van der Waals surface area contributed by atoms with Gasteiger partial charge in [-0.1, -0.05) is 35.1 Å². The standard InChI is InChI=1S/C9H7ClN2S/c1-6-7(3-2-4-8(6)10)9-12-11-5-13-9/h2-5H,1H3. The first kappa shape index (κ1) is 8.66. The molecule has 0 saturated carbocycles. The highest BCUT2D eigenvalue weighted by molar-refractivity contribution is 7.12. The molecule has 0 atom stereocenters. The highest BCUT2D eigenvalue weighted by atomic mass is 35.5. The Balaban J connectivity index is 2.59. The Kier molecular flexibility index (Phi) is 2.29. The first-order valence-electron chi connectivity index (χ1n) is 3.80. The zero-order valence-electron chi connectivity index (χ0n) is 6.99. The van der Waals surface area contributed by atoms with Gasteiger partial charge in [-0.05, 0) is 18.6 Å². The van der Waals surface area contributed by atoms with Gasteiger partial charge >= 0.3 is 0 Å². The lowest BCUT2D eigenvalue weighted by Gasteiger charge is -2.02. The molecule has 0 spiro atoms. The van der Waals surface area contributed by atoms with Crippen LogP contribution in [0.5, 0.6) is 0 Å². The summed E-state index contributed by atoms with van der Waals surface area (Å²) in [6, 6.07) is 5.80. The largest absolute Gasteiger partial charge is 0.147 e. The van der Waals surface area contributed by atoms with E-state index in [0.29, 0.717) is 0 Å². The molecule has 0 saturated heterocycles. The molecule has 66 valence electrons. The van der Waals surface area contributed by atoms with Gasteiger partial charge in [0.05, 0.1) is 0 Å². The molecule has 0 aliphatic rings. The maximum atomic E-state index is 5.99. The van der Waals surface area contributed by atoms with E-state index in [1.165, 1.54) is 11.3 Å². The molecule has 1 aromatic carbocycles. The van der Waals surface area contributed by atoms with Crippen LogP contribution in [0.4, 0.5) is 0 Å². The molecule has 2 rings (SSSR count). The van der Waals surface area contributed by atoms with Gasteiger partial charge in [0, 0.05) is 10.6 Å².